The van der Waals surface area contributed by atoms with E-state index in [0.29, 0.717) is 16.9 Å². The molecule has 2 aromatic heterocycles. The van der Waals surface area contributed by atoms with Crippen LogP contribution in [-0.2, 0) is 4.79 Å². The summed E-state index contributed by atoms with van der Waals surface area (Å²) in [5.41, 5.74) is 7.23. The van der Waals surface area contributed by atoms with Crippen molar-refractivity contribution < 1.29 is 22.7 Å². The number of fused-ring (bicyclic) bond motifs is 1. The van der Waals surface area contributed by atoms with Crippen LogP contribution < -0.4 is 15.8 Å². The Labute approximate surface area is 151 Å². The molecular weight excluding hydrogens is 363 g/mol. The standard InChI is InChI=1S/C17H14F3N5O2/c1-9(26)22-11-4-2-10(3-5-11)12-6-7-13-14(23-12)15(25-16(21)24-13)27-17(19,20)8-18/h2-7H,8H2,1H3,(H,22,26)(H2,21,24,25). The summed E-state index contributed by atoms with van der Waals surface area (Å²) in [7, 11) is 0. The van der Waals surface area contributed by atoms with Crippen LogP contribution in [0.5, 0.6) is 5.88 Å². The van der Waals surface area contributed by atoms with E-state index in [-0.39, 0.29) is 22.9 Å². The van der Waals surface area contributed by atoms with Gasteiger partial charge in [0.1, 0.15) is 0 Å². The average molecular weight is 377 g/mol. The number of anilines is 2. The number of rotatable bonds is 5. The first-order valence-corrected chi connectivity index (χ1v) is 7.72. The second kappa shape index (κ2) is 7.06. The number of benzene rings is 1. The SMILES string of the molecule is CC(=O)Nc1ccc(-c2ccc3nc(N)nc(OC(F)(F)CF)c3n2)cc1. The number of carbonyl (C=O) groups is 1. The Bertz CT molecular complexity index is 996. The highest BCUT2D eigenvalue weighted by Crippen LogP contribution is 2.29. The number of nitrogen functional groups attached to an aromatic ring is 1. The second-order valence-corrected chi connectivity index (χ2v) is 5.58. The molecule has 0 fully saturated rings. The lowest BCUT2D eigenvalue weighted by atomic mass is 10.1. The van der Waals surface area contributed by atoms with Gasteiger partial charge in [-0.25, -0.2) is 14.4 Å². The molecule has 0 aliphatic heterocycles. The molecule has 3 rings (SSSR count). The van der Waals surface area contributed by atoms with Crippen molar-refractivity contribution in [3.8, 4) is 17.1 Å². The molecule has 0 aliphatic carbocycles. The third-order valence-corrected chi connectivity index (χ3v) is 3.43. The smallest absolute Gasteiger partial charge is 0.410 e. The van der Waals surface area contributed by atoms with E-state index in [0.717, 1.165) is 0 Å². The molecule has 1 amide bonds. The van der Waals surface area contributed by atoms with Gasteiger partial charge in [0, 0.05) is 18.2 Å². The van der Waals surface area contributed by atoms with Gasteiger partial charge in [0.15, 0.2) is 12.2 Å². The Kier molecular flexibility index (Phi) is 4.80. The summed E-state index contributed by atoms with van der Waals surface area (Å²) in [6, 6.07) is 9.83. The number of ether oxygens (including phenoxy) is 1. The predicted molar refractivity (Wildman–Crippen MR) is 93.0 cm³/mol. The first-order valence-electron chi connectivity index (χ1n) is 7.72. The van der Waals surface area contributed by atoms with Gasteiger partial charge < -0.3 is 15.8 Å². The Morgan fingerprint density at radius 1 is 1.15 bits per heavy atom. The molecule has 0 bridgehead atoms. The zero-order chi connectivity index (χ0) is 19.6. The largest absolute Gasteiger partial charge is 0.428 e. The first kappa shape index (κ1) is 18.4. The molecule has 140 valence electrons. The number of alkyl halides is 3. The highest BCUT2D eigenvalue weighted by Gasteiger charge is 2.33. The van der Waals surface area contributed by atoms with E-state index >= 15 is 0 Å². The monoisotopic (exact) mass is 377 g/mol. The van der Waals surface area contributed by atoms with Crippen molar-refractivity contribution in [2.75, 3.05) is 17.7 Å². The molecule has 10 heteroatoms. The van der Waals surface area contributed by atoms with E-state index in [1.165, 1.54) is 13.0 Å². The van der Waals surface area contributed by atoms with E-state index in [1.54, 1.807) is 30.3 Å². The van der Waals surface area contributed by atoms with Gasteiger partial charge in [0.2, 0.25) is 11.9 Å². The number of hydrogen-bond acceptors (Lipinski definition) is 6. The van der Waals surface area contributed by atoms with Crippen LogP contribution in [0.1, 0.15) is 6.92 Å². The molecule has 1 aromatic carbocycles. The van der Waals surface area contributed by atoms with Gasteiger partial charge >= 0.3 is 6.11 Å². The maximum absolute atomic E-state index is 13.3. The fraction of sp³-hybridized carbons (Fsp3) is 0.176. The molecule has 0 atom stereocenters. The summed E-state index contributed by atoms with van der Waals surface area (Å²) in [4.78, 5) is 22.8. The van der Waals surface area contributed by atoms with E-state index < -0.39 is 18.7 Å². The number of amides is 1. The molecule has 0 unspecified atom stereocenters. The maximum atomic E-state index is 13.3. The quantitative estimate of drug-likeness (QED) is 0.708. The maximum Gasteiger partial charge on any atom is 0.428 e. The summed E-state index contributed by atoms with van der Waals surface area (Å²) >= 11 is 0. The van der Waals surface area contributed by atoms with Gasteiger partial charge in [-0.15, -0.1) is 0 Å². The second-order valence-electron chi connectivity index (χ2n) is 5.58. The molecule has 3 aromatic rings. The highest BCUT2D eigenvalue weighted by atomic mass is 19.3. The van der Waals surface area contributed by atoms with Gasteiger partial charge in [-0.05, 0) is 24.3 Å². The summed E-state index contributed by atoms with van der Waals surface area (Å²) in [6.07, 6.45) is -4.06. The minimum Gasteiger partial charge on any atom is -0.410 e. The molecular formula is C17H14F3N5O2. The summed E-state index contributed by atoms with van der Waals surface area (Å²) < 4.78 is 43.4. The molecule has 3 N–H and O–H groups in total. The van der Waals surface area contributed by atoms with Crippen LogP contribution in [-0.4, -0.2) is 33.6 Å². The highest BCUT2D eigenvalue weighted by molar-refractivity contribution is 5.89. The van der Waals surface area contributed by atoms with Crippen molar-refractivity contribution in [2.45, 2.75) is 13.0 Å². The molecule has 0 saturated carbocycles. The number of nitrogens with two attached hydrogens (primary N) is 1. The fourth-order valence-electron chi connectivity index (χ4n) is 2.33. The van der Waals surface area contributed by atoms with Gasteiger partial charge in [-0.1, -0.05) is 12.1 Å². The molecule has 0 aliphatic rings. The number of hydrogen-bond donors (Lipinski definition) is 2. The lowest BCUT2D eigenvalue weighted by Crippen LogP contribution is -2.28. The van der Waals surface area contributed by atoms with E-state index in [9.17, 15) is 18.0 Å². The summed E-state index contributed by atoms with van der Waals surface area (Å²) in [5, 5.41) is 2.63. The van der Waals surface area contributed by atoms with Gasteiger partial charge in [0.05, 0.1) is 11.2 Å². The Balaban J connectivity index is 2.03. The van der Waals surface area contributed by atoms with Crippen molar-refractivity contribution in [3.63, 3.8) is 0 Å². The summed E-state index contributed by atoms with van der Waals surface area (Å²) in [5.74, 6) is -1.13. The zero-order valence-electron chi connectivity index (χ0n) is 14.0. The zero-order valence-corrected chi connectivity index (χ0v) is 14.0. The molecule has 0 spiro atoms. The van der Waals surface area contributed by atoms with Crippen LogP contribution in [0.25, 0.3) is 22.3 Å². The predicted octanol–water partition coefficient (Wildman–Crippen LogP) is 3.17. The summed E-state index contributed by atoms with van der Waals surface area (Å²) in [6.45, 7) is -0.637. The number of nitrogens with one attached hydrogen (secondary N) is 1. The lowest BCUT2D eigenvalue weighted by Gasteiger charge is -2.15. The van der Waals surface area contributed by atoms with Crippen LogP contribution in [0.4, 0.5) is 24.8 Å². The van der Waals surface area contributed by atoms with Crippen LogP contribution >= 0.6 is 0 Å². The van der Waals surface area contributed by atoms with Gasteiger partial charge in [0.25, 0.3) is 5.88 Å². The van der Waals surface area contributed by atoms with Gasteiger partial charge in [-0.3, -0.25) is 4.79 Å². The minimum absolute atomic E-state index is 0.0826. The van der Waals surface area contributed by atoms with Crippen molar-refractivity contribution in [1.82, 2.24) is 15.0 Å². The van der Waals surface area contributed by atoms with Crippen LogP contribution in [0, 0.1) is 0 Å². The van der Waals surface area contributed by atoms with Crippen molar-refractivity contribution >= 4 is 28.6 Å². The van der Waals surface area contributed by atoms with E-state index in [4.69, 9.17) is 5.73 Å². The first-order chi connectivity index (χ1) is 12.8. The van der Waals surface area contributed by atoms with Gasteiger partial charge in [-0.2, -0.15) is 13.8 Å². The van der Waals surface area contributed by atoms with Crippen molar-refractivity contribution in [3.05, 3.63) is 36.4 Å². The molecule has 7 nitrogen and oxygen atoms in total. The lowest BCUT2D eigenvalue weighted by molar-refractivity contribution is -0.187. The molecule has 0 saturated heterocycles. The number of pyridine rings is 1. The third-order valence-electron chi connectivity index (χ3n) is 3.43. The number of carbonyl (C=O) groups excluding carboxylic acids is 1. The van der Waals surface area contributed by atoms with E-state index in [1.807, 2.05) is 0 Å². The normalized spacial score (nSPS) is 11.4. The fourth-order valence-corrected chi connectivity index (χ4v) is 2.33. The third kappa shape index (κ3) is 4.22. The number of nitrogens with zero attached hydrogens (tertiary/aromatic N) is 3. The number of aromatic nitrogens is 3. The Morgan fingerprint density at radius 2 is 1.85 bits per heavy atom. The number of halogens is 3. The molecule has 0 radical (unpaired) electrons. The Morgan fingerprint density at radius 3 is 2.48 bits per heavy atom. The van der Waals surface area contributed by atoms with Crippen LogP contribution in [0.2, 0.25) is 0 Å². The van der Waals surface area contributed by atoms with Crippen LogP contribution in [0.3, 0.4) is 0 Å². The van der Waals surface area contributed by atoms with E-state index in [2.05, 4.69) is 25.0 Å². The van der Waals surface area contributed by atoms with Crippen molar-refractivity contribution in [1.29, 1.82) is 0 Å². The Hall–Kier alpha value is -3.43. The van der Waals surface area contributed by atoms with Crippen LogP contribution in [0.15, 0.2) is 36.4 Å². The minimum atomic E-state index is -4.06. The average Bonchev–Trinajstić information content (AvgIpc) is 2.61. The molecule has 27 heavy (non-hydrogen) atoms. The molecule has 2 heterocycles. The van der Waals surface area contributed by atoms with Crippen molar-refractivity contribution in [2.24, 2.45) is 0 Å². The topological polar surface area (TPSA) is 103 Å².